The van der Waals surface area contributed by atoms with E-state index in [2.05, 4.69) is 20.6 Å². The lowest BCUT2D eigenvalue weighted by atomic mass is 10.2. The summed E-state index contributed by atoms with van der Waals surface area (Å²) in [4.78, 5) is 20.6. The molecule has 0 fully saturated rings. The number of anilines is 2. The minimum absolute atomic E-state index is 0.271. The van der Waals surface area contributed by atoms with Crippen LogP contribution in [0.25, 0.3) is 0 Å². The lowest BCUT2D eigenvalue weighted by Gasteiger charge is -2.09. The highest BCUT2D eigenvalue weighted by Gasteiger charge is 2.09. The van der Waals surface area contributed by atoms with Crippen LogP contribution in [0.15, 0.2) is 61.1 Å². The van der Waals surface area contributed by atoms with Crippen molar-refractivity contribution in [2.24, 2.45) is 0 Å². The maximum atomic E-state index is 12.4. The van der Waals surface area contributed by atoms with Crippen molar-refractivity contribution in [2.75, 3.05) is 10.6 Å². The maximum absolute atomic E-state index is 12.4. The third-order valence-corrected chi connectivity index (χ3v) is 3.80. The average Bonchev–Trinajstić information content (AvgIpc) is 2.60. The number of benzene rings is 1. The van der Waals surface area contributed by atoms with Crippen LogP contribution in [0.1, 0.15) is 15.9 Å². The molecule has 0 aliphatic heterocycles. The molecule has 0 saturated carbocycles. The van der Waals surface area contributed by atoms with Crippen molar-refractivity contribution in [2.45, 2.75) is 6.54 Å². The van der Waals surface area contributed by atoms with E-state index in [1.165, 1.54) is 0 Å². The van der Waals surface area contributed by atoms with Crippen molar-refractivity contribution in [3.63, 3.8) is 0 Å². The Morgan fingerprint density at radius 3 is 2.40 bits per heavy atom. The SMILES string of the molecule is O=C(Nc1cc(Cl)cc(Cl)c1)c1ccnc(NCc2ccncc2)c1. The van der Waals surface area contributed by atoms with Crippen LogP contribution in [0.5, 0.6) is 0 Å². The first-order valence-corrected chi connectivity index (χ1v) is 8.22. The lowest BCUT2D eigenvalue weighted by Crippen LogP contribution is -2.13. The molecule has 0 saturated heterocycles. The molecular formula is C18H14Cl2N4O. The highest BCUT2D eigenvalue weighted by Crippen LogP contribution is 2.23. The molecule has 0 unspecified atom stereocenters. The third kappa shape index (κ3) is 4.92. The molecular weight excluding hydrogens is 359 g/mol. The molecule has 1 amide bonds. The van der Waals surface area contributed by atoms with E-state index in [9.17, 15) is 4.79 Å². The van der Waals surface area contributed by atoms with Gasteiger partial charge in [-0.05, 0) is 48.0 Å². The van der Waals surface area contributed by atoms with Gasteiger partial charge in [-0.1, -0.05) is 23.2 Å². The molecule has 1 aromatic carbocycles. The van der Waals surface area contributed by atoms with E-state index in [0.717, 1.165) is 5.56 Å². The highest BCUT2D eigenvalue weighted by molar-refractivity contribution is 6.35. The van der Waals surface area contributed by atoms with Crippen molar-refractivity contribution in [1.82, 2.24) is 9.97 Å². The number of hydrogen-bond acceptors (Lipinski definition) is 4. The van der Waals surface area contributed by atoms with Crippen LogP contribution in [0, 0.1) is 0 Å². The number of carbonyl (C=O) groups is 1. The van der Waals surface area contributed by atoms with E-state index < -0.39 is 0 Å². The van der Waals surface area contributed by atoms with Crippen molar-refractivity contribution in [3.8, 4) is 0 Å². The average molecular weight is 373 g/mol. The summed E-state index contributed by atoms with van der Waals surface area (Å²) in [5.74, 6) is 0.335. The van der Waals surface area contributed by atoms with Crippen LogP contribution in [0.2, 0.25) is 10.0 Å². The van der Waals surface area contributed by atoms with Gasteiger partial charge >= 0.3 is 0 Å². The summed E-state index contributed by atoms with van der Waals surface area (Å²) in [5.41, 5.74) is 2.08. The Labute approximate surface area is 155 Å². The van der Waals surface area contributed by atoms with Crippen LogP contribution in [0.4, 0.5) is 11.5 Å². The first-order valence-electron chi connectivity index (χ1n) is 7.46. The normalized spacial score (nSPS) is 10.3. The lowest BCUT2D eigenvalue weighted by molar-refractivity contribution is 0.102. The molecule has 0 atom stereocenters. The molecule has 2 N–H and O–H groups in total. The van der Waals surface area contributed by atoms with Crippen molar-refractivity contribution >= 4 is 40.6 Å². The first-order chi connectivity index (χ1) is 12.1. The zero-order valence-electron chi connectivity index (χ0n) is 13.0. The Bertz CT molecular complexity index is 867. The van der Waals surface area contributed by atoms with Crippen LogP contribution >= 0.6 is 23.2 Å². The molecule has 25 heavy (non-hydrogen) atoms. The van der Waals surface area contributed by atoms with Gasteiger partial charge < -0.3 is 10.6 Å². The number of halogens is 2. The summed E-state index contributed by atoms with van der Waals surface area (Å²) in [6.45, 7) is 0.588. The Morgan fingerprint density at radius 1 is 0.960 bits per heavy atom. The molecule has 126 valence electrons. The molecule has 0 radical (unpaired) electrons. The number of nitrogens with zero attached hydrogens (tertiary/aromatic N) is 2. The molecule has 2 aromatic heterocycles. The molecule has 0 aliphatic rings. The van der Waals surface area contributed by atoms with Gasteiger partial charge in [0.15, 0.2) is 0 Å². The van der Waals surface area contributed by atoms with Crippen molar-refractivity contribution in [1.29, 1.82) is 0 Å². The van der Waals surface area contributed by atoms with E-state index in [0.29, 0.717) is 33.7 Å². The fourth-order valence-corrected chi connectivity index (χ4v) is 2.72. The maximum Gasteiger partial charge on any atom is 0.255 e. The van der Waals surface area contributed by atoms with Gasteiger partial charge in [-0.25, -0.2) is 4.98 Å². The molecule has 7 heteroatoms. The van der Waals surface area contributed by atoms with Gasteiger partial charge in [0.2, 0.25) is 0 Å². The zero-order valence-corrected chi connectivity index (χ0v) is 14.6. The summed E-state index contributed by atoms with van der Waals surface area (Å²) in [5, 5.41) is 6.86. The van der Waals surface area contributed by atoms with Gasteiger partial charge in [-0.3, -0.25) is 9.78 Å². The van der Waals surface area contributed by atoms with Gasteiger partial charge in [0.05, 0.1) is 0 Å². The van der Waals surface area contributed by atoms with E-state index in [1.807, 2.05) is 12.1 Å². The van der Waals surface area contributed by atoms with E-state index in [-0.39, 0.29) is 5.91 Å². The monoisotopic (exact) mass is 372 g/mol. The van der Waals surface area contributed by atoms with E-state index in [4.69, 9.17) is 23.2 Å². The Kier molecular flexibility index (Phi) is 5.48. The van der Waals surface area contributed by atoms with Gasteiger partial charge in [-0.2, -0.15) is 0 Å². The summed E-state index contributed by atoms with van der Waals surface area (Å²) in [6, 6.07) is 12.0. The number of hydrogen-bond donors (Lipinski definition) is 2. The highest BCUT2D eigenvalue weighted by atomic mass is 35.5. The Balaban J connectivity index is 1.68. The van der Waals surface area contributed by atoms with Crippen molar-refractivity contribution < 1.29 is 4.79 Å². The van der Waals surface area contributed by atoms with Crippen molar-refractivity contribution in [3.05, 3.63) is 82.2 Å². The second-order valence-corrected chi connectivity index (χ2v) is 6.12. The number of amides is 1. The number of rotatable bonds is 5. The largest absolute Gasteiger partial charge is 0.366 e. The van der Waals surface area contributed by atoms with Gasteiger partial charge in [0.25, 0.3) is 5.91 Å². The van der Waals surface area contributed by atoms with Gasteiger partial charge in [0, 0.05) is 46.4 Å². The van der Waals surface area contributed by atoms with Crippen LogP contribution in [-0.2, 0) is 6.54 Å². The van der Waals surface area contributed by atoms with E-state index in [1.54, 1.807) is 48.9 Å². The second-order valence-electron chi connectivity index (χ2n) is 5.25. The fraction of sp³-hybridized carbons (Fsp3) is 0.0556. The smallest absolute Gasteiger partial charge is 0.255 e. The van der Waals surface area contributed by atoms with Crippen LogP contribution < -0.4 is 10.6 Å². The molecule has 3 aromatic rings. The molecule has 0 bridgehead atoms. The molecule has 0 spiro atoms. The minimum Gasteiger partial charge on any atom is -0.366 e. The molecule has 2 heterocycles. The third-order valence-electron chi connectivity index (χ3n) is 3.37. The first kappa shape index (κ1) is 17.2. The topological polar surface area (TPSA) is 66.9 Å². The van der Waals surface area contributed by atoms with Gasteiger partial charge in [-0.15, -0.1) is 0 Å². The summed E-state index contributed by atoms with van der Waals surface area (Å²) >= 11 is 11.9. The Morgan fingerprint density at radius 2 is 1.68 bits per heavy atom. The zero-order chi connectivity index (χ0) is 17.6. The standard InChI is InChI=1S/C18H14Cl2N4O/c19-14-8-15(20)10-16(9-14)24-18(25)13-3-6-22-17(7-13)23-11-12-1-4-21-5-2-12/h1-10H,11H2,(H,22,23)(H,24,25). The Hall–Kier alpha value is -2.63. The molecule has 0 aliphatic carbocycles. The number of carbonyl (C=O) groups excluding carboxylic acids is 1. The van der Waals surface area contributed by atoms with E-state index >= 15 is 0 Å². The summed E-state index contributed by atoms with van der Waals surface area (Å²) in [7, 11) is 0. The number of nitrogens with one attached hydrogen (secondary N) is 2. The van der Waals surface area contributed by atoms with Crippen LogP contribution in [-0.4, -0.2) is 15.9 Å². The van der Waals surface area contributed by atoms with Gasteiger partial charge in [0.1, 0.15) is 5.82 Å². The predicted molar refractivity (Wildman–Crippen MR) is 100 cm³/mol. The summed E-state index contributed by atoms with van der Waals surface area (Å²) in [6.07, 6.45) is 5.03. The minimum atomic E-state index is -0.271. The molecule has 5 nitrogen and oxygen atoms in total. The predicted octanol–water partition coefficient (Wildman–Crippen LogP) is 4.65. The molecule has 3 rings (SSSR count). The summed E-state index contributed by atoms with van der Waals surface area (Å²) < 4.78 is 0. The number of pyridine rings is 2. The van der Waals surface area contributed by atoms with Crippen LogP contribution in [0.3, 0.4) is 0 Å². The quantitative estimate of drug-likeness (QED) is 0.683. The fourth-order valence-electron chi connectivity index (χ4n) is 2.19. The second kappa shape index (κ2) is 7.96. The number of aromatic nitrogens is 2.